The van der Waals surface area contributed by atoms with E-state index >= 15 is 0 Å². The van der Waals surface area contributed by atoms with Crippen LogP contribution in [0.5, 0.6) is 11.5 Å². The number of hydrogen-bond donors (Lipinski definition) is 4. The summed E-state index contributed by atoms with van der Waals surface area (Å²) in [7, 11) is 0. The van der Waals surface area contributed by atoms with Gasteiger partial charge in [0.25, 0.3) is 5.91 Å². The lowest BCUT2D eigenvalue weighted by Crippen LogP contribution is -2.46. The van der Waals surface area contributed by atoms with Gasteiger partial charge in [-0.3, -0.25) is 4.79 Å². The number of nitrogens with one attached hydrogen (secondary N) is 1. The highest BCUT2D eigenvalue weighted by Gasteiger charge is 2.21. The van der Waals surface area contributed by atoms with Gasteiger partial charge in [-0.25, -0.2) is 0 Å². The first-order valence-corrected chi connectivity index (χ1v) is 5.86. The van der Waals surface area contributed by atoms with Crippen LogP contribution in [0.3, 0.4) is 0 Å². The van der Waals surface area contributed by atoms with Crippen LogP contribution in [0.15, 0.2) is 23.8 Å². The van der Waals surface area contributed by atoms with Crippen LogP contribution in [0.1, 0.15) is 19.4 Å². The van der Waals surface area contributed by atoms with E-state index in [0.29, 0.717) is 5.56 Å². The van der Waals surface area contributed by atoms with E-state index in [1.165, 1.54) is 24.3 Å². The molecule has 1 aromatic carbocycles. The summed E-state index contributed by atoms with van der Waals surface area (Å²) in [5.74, 6) is -1.25. The number of benzene rings is 1. The highest BCUT2D eigenvalue weighted by molar-refractivity contribution is 6.02. The number of carbonyl (C=O) groups is 1. The Balaban J connectivity index is 3.01. The third-order valence-electron chi connectivity index (χ3n) is 2.52. The molecule has 0 aliphatic heterocycles. The minimum atomic E-state index is -0.843. The number of hydrogen-bond acceptors (Lipinski definition) is 5. The molecule has 0 aliphatic rings. The van der Waals surface area contributed by atoms with Gasteiger partial charge in [0.1, 0.15) is 11.6 Å². The fourth-order valence-electron chi connectivity index (χ4n) is 1.36. The molecule has 4 N–H and O–H groups in total. The highest BCUT2D eigenvalue weighted by Crippen LogP contribution is 2.25. The van der Waals surface area contributed by atoms with Crippen molar-refractivity contribution in [3.63, 3.8) is 0 Å². The molecule has 0 fully saturated rings. The van der Waals surface area contributed by atoms with Crippen LogP contribution in [0.2, 0.25) is 0 Å². The molecule has 0 bridgehead atoms. The zero-order valence-corrected chi connectivity index (χ0v) is 11.2. The molecule has 0 saturated heterocycles. The highest BCUT2D eigenvalue weighted by atomic mass is 16.3. The molecule has 0 atom stereocenters. The Morgan fingerprint density at radius 2 is 2.05 bits per heavy atom. The molecule has 1 rings (SSSR count). The Labute approximate surface area is 116 Å². The summed E-state index contributed by atoms with van der Waals surface area (Å²) >= 11 is 0. The smallest absolute Gasteiger partial charge is 0.262 e. The maximum atomic E-state index is 11.9. The predicted octanol–water partition coefficient (Wildman–Crippen LogP) is 0.892. The minimum Gasteiger partial charge on any atom is -0.504 e. The predicted molar refractivity (Wildman–Crippen MR) is 72.7 cm³/mol. The van der Waals surface area contributed by atoms with Crippen molar-refractivity contribution in [3.05, 3.63) is 29.3 Å². The molecule has 106 valence electrons. The third kappa shape index (κ3) is 4.00. The maximum absolute atomic E-state index is 11.9. The molecule has 0 unspecified atom stereocenters. The van der Waals surface area contributed by atoms with Gasteiger partial charge in [0.15, 0.2) is 11.5 Å². The lowest BCUT2D eigenvalue weighted by Gasteiger charge is -2.23. The molecule has 0 saturated carbocycles. The van der Waals surface area contributed by atoms with Gasteiger partial charge in [0.05, 0.1) is 12.1 Å². The second kappa shape index (κ2) is 6.08. The number of aliphatic hydroxyl groups is 1. The topological polar surface area (TPSA) is 114 Å². The summed E-state index contributed by atoms with van der Waals surface area (Å²) in [6.07, 6.45) is 1.28. The van der Waals surface area contributed by atoms with E-state index < -0.39 is 11.4 Å². The first kappa shape index (κ1) is 15.5. The van der Waals surface area contributed by atoms with E-state index in [1.807, 2.05) is 0 Å². The first-order chi connectivity index (χ1) is 9.29. The van der Waals surface area contributed by atoms with E-state index in [9.17, 15) is 15.0 Å². The number of nitriles is 1. The summed E-state index contributed by atoms with van der Waals surface area (Å²) in [5.41, 5.74) is -0.616. The largest absolute Gasteiger partial charge is 0.504 e. The number of amides is 1. The van der Waals surface area contributed by atoms with Gasteiger partial charge in [-0.15, -0.1) is 0 Å². The fourth-order valence-corrected chi connectivity index (χ4v) is 1.36. The number of carbonyl (C=O) groups excluding carboxylic acids is 1. The second-order valence-electron chi connectivity index (χ2n) is 4.91. The molecule has 6 heteroatoms. The summed E-state index contributed by atoms with van der Waals surface area (Å²) in [6, 6.07) is 5.70. The van der Waals surface area contributed by atoms with Gasteiger partial charge in [-0.2, -0.15) is 5.26 Å². The molecule has 0 radical (unpaired) electrons. The first-order valence-electron chi connectivity index (χ1n) is 5.86. The maximum Gasteiger partial charge on any atom is 0.262 e. The van der Waals surface area contributed by atoms with Crippen molar-refractivity contribution in [3.8, 4) is 17.6 Å². The Morgan fingerprint density at radius 1 is 1.40 bits per heavy atom. The molecule has 0 spiro atoms. The molecule has 1 amide bonds. The summed E-state index contributed by atoms with van der Waals surface area (Å²) in [6.45, 7) is 2.97. The summed E-state index contributed by atoms with van der Waals surface area (Å²) < 4.78 is 0. The van der Waals surface area contributed by atoms with Crippen molar-refractivity contribution in [2.75, 3.05) is 6.61 Å². The molecule has 6 nitrogen and oxygen atoms in total. The molecule has 0 heterocycles. The van der Waals surface area contributed by atoms with Crippen LogP contribution < -0.4 is 5.32 Å². The summed E-state index contributed by atoms with van der Waals surface area (Å²) in [4.78, 5) is 11.9. The van der Waals surface area contributed by atoms with Gasteiger partial charge < -0.3 is 20.6 Å². The molecule has 1 aromatic rings. The fraction of sp³-hybridized carbons (Fsp3) is 0.286. The van der Waals surface area contributed by atoms with Crippen LogP contribution in [0, 0.1) is 11.3 Å². The van der Waals surface area contributed by atoms with Crippen molar-refractivity contribution in [1.82, 2.24) is 5.32 Å². The van der Waals surface area contributed by atoms with E-state index in [1.54, 1.807) is 19.9 Å². The standard InChI is InChI=1S/C14H16N2O4/c1-14(2,8-17)16-13(20)10(7-15)5-9-3-4-11(18)12(19)6-9/h3-6,17-19H,8H2,1-2H3,(H,16,20)/b10-5+. The number of phenols is 2. The van der Waals surface area contributed by atoms with Crippen molar-refractivity contribution in [1.29, 1.82) is 5.26 Å². The zero-order valence-electron chi connectivity index (χ0n) is 11.2. The number of phenolic OH excluding ortho intramolecular Hbond substituents is 2. The molecule has 0 aliphatic carbocycles. The van der Waals surface area contributed by atoms with E-state index in [-0.39, 0.29) is 23.7 Å². The monoisotopic (exact) mass is 276 g/mol. The lowest BCUT2D eigenvalue weighted by atomic mass is 10.1. The summed E-state index contributed by atoms with van der Waals surface area (Å²) in [5, 5.41) is 39.1. The number of nitrogens with zero attached hydrogens (tertiary/aromatic N) is 1. The molecular formula is C14H16N2O4. The minimum absolute atomic E-state index is 0.170. The van der Waals surface area contributed by atoms with Gasteiger partial charge in [0, 0.05) is 0 Å². The van der Waals surface area contributed by atoms with Crippen LogP contribution in [0.4, 0.5) is 0 Å². The van der Waals surface area contributed by atoms with Crippen LogP contribution in [0.25, 0.3) is 6.08 Å². The van der Waals surface area contributed by atoms with Crippen molar-refractivity contribution < 1.29 is 20.1 Å². The number of aromatic hydroxyl groups is 2. The Hall–Kier alpha value is -2.52. The van der Waals surface area contributed by atoms with E-state index in [4.69, 9.17) is 10.4 Å². The van der Waals surface area contributed by atoms with Crippen molar-refractivity contribution >= 4 is 12.0 Å². The number of aliphatic hydroxyl groups excluding tert-OH is 1. The van der Waals surface area contributed by atoms with Crippen molar-refractivity contribution in [2.45, 2.75) is 19.4 Å². The van der Waals surface area contributed by atoms with Gasteiger partial charge in [-0.1, -0.05) is 6.07 Å². The van der Waals surface area contributed by atoms with E-state index in [0.717, 1.165) is 0 Å². The van der Waals surface area contributed by atoms with Crippen LogP contribution >= 0.6 is 0 Å². The normalized spacial score (nSPS) is 11.8. The SMILES string of the molecule is CC(C)(CO)NC(=O)/C(C#N)=C/c1ccc(O)c(O)c1. The van der Waals surface area contributed by atoms with Gasteiger partial charge in [-0.05, 0) is 37.6 Å². The Bertz CT molecular complexity index is 585. The van der Waals surface area contributed by atoms with E-state index in [2.05, 4.69) is 5.32 Å². The lowest BCUT2D eigenvalue weighted by molar-refractivity contribution is -0.119. The third-order valence-corrected chi connectivity index (χ3v) is 2.52. The van der Waals surface area contributed by atoms with Crippen molar-refractivity contribution in [2.24, 2.45) is 0 Å². The average Bonchev–Trinajstić information content (AvgIpc) is 2.39. The Kier molecular flexibility index (Phi) is 4.73. The Morgan fingerprint density at radius 3 is 2.55 bits per heavy atom. The van der Waals surface area contributed by atoms with Crippen LogP contribution in [-0.2, 0) is 4.79 Å². The van der Waals surface area contributed by atoms with Gasteiger partial charge >= 0.3 is 0 Å². The number of rotatable bonds is 4. The molecular weight excluding hydrogens is 260 g/mol. The average molecular weight is 276 g/mol. The zero-order chi connectivity index (χ0) is 15.3. The second-order valence-corrected chi connectivity index (χ2v) is 4.91. The van der Waals surface area contributed by atoms with Crippen LogP contribution in [-0.4, -0.2) is 33.4 Å². The van der Waals surface area contributed by atoms with Gasteiger partial charge in [0.2, 0.25) is 0 Å². The molecule has 20 heavy (non-hydrogen) atoms. The molecule has 0 aromatic heterocycles. The quantitative estimate of drug-likeness (QED) is 0.370.